The molecule has 0 aliphatic heterocycles. The van der Waals surface area contributed by atoms with Crippen LogP contribution in [-0.2, 0) is 6.54 Å². The maximum Gasteiger partial charge on any atom is 0.253 e. The fraction of sp³-hybridized carbons (Fsp3) is 0.375. The van der Waals surface area contributed by atoms with Crippen LogP contribution in [0.4, 0.5) is 0 Å². The Morgan fingerprint density at radius 1 is 1.30 bits per heavy atom. The Kier molecular flexibility index (Phi) is 4.93. The first-order valence-electron chi connectivity index (χ1n) is 7.02. The molecule has 0 saturated heterocycles. The predicted molar refractivity (Wildman–Crippen MR) is 79.6 cm³/mol. The predicted octanol–water partition coefficient (Wildman–Crippen LogP) is 2.80. The van der Waals surface area contributed by atoms with Crippen LogP contribution in [0.15, 0.2) is 42.7 Å². The lowest BCUT2D eigenvalue weighted by atomic mass is 10.1. The maximum absolute atomic E-state index is 12.2. The van der Waals surface area contributed by atoms with E-state index in [9.17, 15) is 4.79 Å². The number of benzene rings is 1. The summed E-state index contributed by atoms with van der Waals surface area (Å²) in [7, 11) is 1.86. The summed E-state index contributed by atoms with van der Waals surface area (Å²) in [6, 6.07) is 9.67. The zero-order chi connectivity index (χ0) is 14.4. The van der Waals surface area contributed by atoms with Gasteiger partial charge in [0, 0.05) is 31.5 Å². The van der Waals surface area contributed by atoms with Gasteiger partial charge in [0.1, 0.15) is 0 Å². The summed E-state index contributed by atoms with van der Waals surface area (Å²) >= 11 is 0. The van der Waals surface area contributed by atoms with E-state index in [1.807, 2.05) is 48.3 Å². The van der Waals surface area contributed by atoms with E-state index in [4.69, 9.17) is 0 Å². The highest BCUT2D eigenvalue weighted by Gasteiger charge is 2.10. The quantitative estimate of drug-likeness (QED) is 0.810. The summed E-state index contributed by atoms with van der Waals surface area (Å²) < 4.78 is 1.87. The smallest absolute Gasteiger partial charge is 0.253 e. The largest absolute Gasteiger partial charge is 0.342 e. The normalized spacial score (nSPS) is 10.5. The van der Waals surface area contributed by atoms with Crippen molar-refractivity contribution in [2.24, 2.45) is 0 Å². The van der Waals surface area contributed by atoms with Gasteiger partial charge in [-0.15, -0.1) is 0 Å². The van der Waals surface area contributed by atoms with E-state index in [0.717, 1.165) is 37.1 Å². The van der Waals surface area contributed by atoms with Gasteiger partial charge in [-0.1, -0.05) is 25.5 Å². The molecule has 0 unspecified atom stereocenters. The molecular weight excluding hydrogens is 250 g/mol. The van der Waals surface area contributed by atoms with Gasteiger partial charge in [0.25, 0.3) is 5.91 Å². The molecule has 0 saturated carbocycles. The molecule has 0 atom stereocenters. The molecule has 1 aromatic heterocycles. The number of rotatable bonds is 6. The van der Waals surface area contributed by atoms with Crippen LogP contribution in [0.1, 0.15) is 35.7 Å². The summed E-state index contributed by atoms with van der Waals surface area (Å²) in [6.45, 7) is 3.67. The van der Waals surface area contributed by atoms with E-state index < -0.39 is 0 Å². The van der Waals surface area contributed by atoms with Crippen molar-refractivity contribution < 1.29 is 4.79 Å². The molecule has 0 spiro atoms. The Hall–Kier alpha value is -2.10. The Bertz CT molecular complexity index is 531. The molecule has 106 valence electrons. The average Bonchev–Trinajstić information content (AvgIpc) is 2.97. The van der Waals surface area contributed by atoms with Crippen molar-refractivity contribution in [3.05, 3.63) is 53.9 Å². The lowest BCUT2D eigenvalue weighted by molar-refractivity contribution is 0.0793. The van der Waals surface area contributed by atoms with Crippen LogP contribution in [0.25, 0.3) is 0 Å². The monoisotopic (exact) mass is 271 g/mol. The second kappa shape index (κ2) is 6.89. The molecule has 2 rings (SSSR count). The standard InChI is InChI=1S/C16H21N3O/c1-3-4-11-18(2)16(20)15-8-6-14(7-9-15)13-19-12-5-10-17-19/h5-10,12H,3-4,11,13H2,1-2H3. The van der Waals surface area contributed by atoms with Crippen LogP contribution in [0.3, 0.4) is 0 Å². The number of hydrogen-bond acceptors (Lipinski definition) is 2. The SMILES string of the molecule is CCCCN(C)C(=O)c1ccc(Cn2cccn2)cc1. The van der Waals surface area contributed by atoms with Crippen molar-refractivity contribution in [2.75, 3.05) is 13.6 Å². The molecule has 4 heteroatoms. The van der Waals surface area contributed by atoms with Crippen molar-refractivity contribution in [3.8, 4) is 0 Å². The summed E-state index contributed by atoms with van der Waals surface area (Å²) in [4.78, 5) is 14.0. The third-order valence-corrected chi connectivity index (χ3v) is 3.30. The van der Waals surface area contributed by atoms with Crippen LogP contribution in [0.2, 0.25) is 0 Å². The van der Waals surface area contributed by atoms with Gasteiger partial charge in [0.05, 0.1) is 6.54 Å². The van der Waals surface area contributed by atoms with Crippen molar-refractivity contribution >= 4 is 5.91 Å². The first-order chi connectivity index (χ1) is 9.70. The van der Waals surface area contributed by atoms with Crippen LogP contribution < -0.4 is 0 Å². The third kappa shape index (κ3) is 3.70. The van der Waals surface area contributed by atoms with Gasteiger partial charge in [-0.05, 0) is 30.2 Å². The molecular formula is C16H21N3O. The molecule has 2 aromatic rings. The molecule has 0 radical (unpaired) electrons. The van der Waals surface area contributed by atoms with E-state index in [1.165, 1.54) is 0 Å². The minimum absolute atomic E-state index is 0.0871. The topological polar surface area (TPSA) is 38.1 Å². The molecule has 1 amide bonds. The fourth-order valence-corrected chi connectivity index (χ4v) is 2.05. The van der Waals surface area contributed by atoms with Gasteiger partial charge in [-0.2, -0.15) is 5.10 Å². The second-order valence-corrected chi connectivity index (χ2v) is 4.98. The van der Waals surface area contributed by atoms with Crippen molar-refractivity contribution in [1.82, 2.24) is 14.7 Å². The van der Waals surface area contributed by atoms with Gasteiger partial charge in [0.2, 0.25) is 0 Å². The zero-order valence-corrected chi connectivity index (χ0v) is 12.1. The number of carbonyl (C=O) groups excluding carboxylic acids is 1. The number of amides is 1. The molecule has 0 N–H and O–H groups in total. The molecule has 1 aromatic carbocycles. The van der Waals surface area contributed by atoms with Gasteiger partial charge < -0.3 is 4.90 Å². The van der Waals surface area contributed by atoms with E-state index >= 15 is 0 Å². The van der Waals surface area contributed by atoms with Crippen molar-refractivity contribution in [2.45, 2.75) is 26.3 Å². The minimum Gasteiger partial charge on any atom is -0.342 e. The number of hydrogen-bond donors (Lipinski definition) is 0. The molecule has 4 nitrogen and oxygen atoms in total. The van der Waals surface area contributed by atoms with Gasteiger partial charge in [-0.25, -0.2) is 0 Å². The van der Waals surface area contributed by atoms with Crippen LogP contribution in [0, 0.1) is 0 Å². The Morgan fingerprint density at radius 2 is 2.05 bits per heavy atom. The summed E-state index contributed by atoms with van der Waals surface area (Å²) in [5, 5.41) is 4.17. The van der Waals surface area contributed by atoms with Crippen LogP contribution in [-0.4, -0.2) is 34.2 Å². The third-order valence-electron chi connectivity index (χ3n) is 3.30. The lowest BCUT2D eigenvalue weighted by Crippen LogP contribution is -2.27. The van der Waals surface area contributed by atoms with Crippen molar-refractivity contribution in [3.63, 3.8) is 0 Å². The van der Waals surface area contributed by atoms with Crippen LogP contribution in [0.5, 0.6) is 0 Å². The maximum atomic E-state index is 12.2. The van der Waals surface area contributed by atoms with Gasteiger partial charge in [0.15, 0.2) is 0 Å². The average molecular weight is 271 g/mol. The molecule has 0 fully saturated rings. The molecule has 1 heterocycles. The first-order valence-corrected chi connectivity index (χ1v) is 7.02. The Balaban J connectivity index is 1.98. The molecule has 0 aliphatic carbocycles. The second-order valence-electron chi connectivity index (χ2n) is 4.98. The van der Waals surface area contributed by atoms with Crippen molar-refractivity contribution in [1.29, 1.82) is 0 Å². The van der Waals surface area contributed by atoms with E-state index in [1.54, 1.807) is 11.1 Å². The first kappa shape index (κ1) is 14.3. The lowest BCUT2D eigenvalue weighted by Gasteiger charge is -2.16. The van der Waals surface area contributed by atoms with E-state index in [2.05, 4.69) is 12.0 Å². The fourth-order valence-electron chi connectivity index (χ4n) is 2.05. The van der Waals surface area contributed by atoms with E-state index in [-0.39, 0.29) is 5.91 Å². The number of unbranched alkanes of at least 4 members (excludes halogenated alkanes) is 1. The summed E-state index contributed by atoms with van der Waals surface area (Å²) in [5.74, 6) is 0.0871. The van der Waals surface area contributed by atoms with Gasteiger partial charge >= 0.3 is 0 Å². The summed E-state index contributed by atoms with van der Waals surface area (Å²) in [6.07, 6.45) is 5.83. The Morgan fingerprint density at radius 3 is 2.65 bits per heavy atom. The minimum atomic E-state index is 0.0871. The highest BCUT2D eigenvalue weighted by molar-refractivity contribution is 5.94. The van der Waals surface area contributed by atoms with Gasteiger partial charge in [-0.3, -0.25) is 9.48 Å². The highest BCUT2D eigenvalue weighted by atomic mass is 16.2. The molecule has 0 aliphatic rings. The Labute approximate surface area is 120 Å². The number of nitrogens with zero attached hydrogens (tertiary/aromatic N) is 3. The van der Waals surface area contributed by atoms with E-state index in [0.29, 0.717) is 0 Å². The summed E-state index contributed by atoms with van der Waals surface area (Å²) in [5.41, 5.74) is 1.88. The van der Waals surface area contributed by atoms with Crippen LogP contribution >= 0.6 is 0 Å². The zero-order valence-electron chi connectivity index (χ0n) is 12.1. The molecule has 0 bridgehead atoms. The number of carbonyl (C=O) groups is 1. The molecule has 20 heavy (non-hydrogen) atoms. The highest BCUT2D eigenvalue weighted by Crippen LogP contribution is 2.09. The number of aromatic nitrogens is 2.